The molecule has 2 rings (SSSR count). The number of nitrogen functional groups attached to an aromatic ring is 1. The van der Waals surface area contributed by atoms with Crippen LogP contribution < -0.4 is 11.5 Å². The second-order valence-electron chi connectivity index (χ2n) is 4.78. The van der Waals surface area contributed by atoms with Crippen LogP contribution in [0.15, 0.2) is 27.4 Å². The molecule has 1 heterocycles. The fraction of sp³-hybridized carbons (Fsp3) is 0.462. The Hall–Kier alpha value is -1.71. The number of hydrogen-bond acceptors (Lipinski definition) is 3. The SMILES string of the molecule is CC(C)CCCn1c(=O)oc2cc(N)ccc21. The molecular formula is C13H18N2O2. The van der Waals surface area contributed by atoms with Gasteiger partial charge in [-0.05, 0) is 30.9 Å². The minimum absolute atomic E-state index is 0.297. The molecule has 0 aliphatic rings. The van der Waals surface area contributed by atoms with Crippen molar-refractivity contribution in [3.05, 3.63) is 28.7 Å². The van der Waals surface area contributed by atoms with Gasteiger partial charge in [-0.25, -0.2) is 4.79 Å². The third-order valence-electron chi connectivity index (χ3n) is 2.86. The van der Waals surface area contributed by atoms with Crippen molar-refractivity contribution < 1.29 is 4.42 Å². The molecule has 1 aromatic carbocycles. The molecule has 0 aliphatic heterocycles. The van der Waals surface area contributed by atoms with Gasteiger partial charge in [0.1, 0.15) is 0 Å². The first-order valence-electron chi connectivity index (χ1n) is 5.97. The predicted octanol–water partition coefficient (Wildman–Crippen LogP) is 2.61. The van der Waals surface area contributed by atoms with Gasteiger partial charge in [0.05, 0.1) is 5.52 Å². The third kappa shape index (κ3) is 2.52. The molecule has 0 atom stereocenters. The summed E-state index contributed by atoms with van der Waals surface area (Å²) in [6.07, 6.45) is 2.09. The van der Waals surface area contributed by atoms with E-state index in [1.54, 1.807) is 16.7 Å². The van der Waals surface area contributed by atoms with Crippen molar-refractivity contribution in [3.8, 4) is 0 Å². The molecule has 0 bridgehead atoms. The number of nitrogens with two attached hydrogens (primary N) is 1. The summed E-state index contributed by atoms with van der Waals surface area (Å²) >= 11 is 0. The summed E-state index contributed by atoms with van der Waals surface area (Å²) in [5.74, 6) is 0.355. The van der Waals surface area contributed by atoms with Gasteiger partial charge in [0.25, 0.3) is 0 Å². The van der Waals surface area contributed by atoms with Crippen LogP contribution in [0.4, 0.5) is 5.69 Å². The molecule has 0 radical (unpaired) electrons. The highest BCUT2D eigenvalue weighted by Gasteiger charge is 2.09. The van der Waals surface area contributed by atoms with Crippen molar-refractivity contribution in [2.45, 2.75) is 33.2 Å². The first kappa shape index (κ1) is 11.8. The van der Waals surface area contributed by atoms with E-state index in [-0.39, 0.29) is 5.76 Å². The highest BCUT2D eigenvalue weighted by Crippen LogP contribution is 2.17. The van der Waals surface area contributed by atoms with Gasteiger partial charge >= 0.3 is 5.76 Å². The molecular weight excluding hydrogens is 216 g/mol. The number of anilines is 1. The third-order valence-corrected chi connectivity index (χ3v) is 2.86. The van der Waals surface area contributed by atoms with Crippen LogP contribution in [0.5, 0.6) is 0 Å². The number of aryl methyl sites for hydroxylation is 1. The summed E-state index contributed by atoms with van der Waals surface area (Å²) in [5.41, 5.74) is 7.66. The van der Waals surface area contributed by atoms with E-state index < -0.39 is 0 Å². The average Bonchev–Trinajstić information content (AvgIpc) is 2.54. The number of oxazole rings is 1. The lowest BCUT2D eigenvalue weighted by Crippen LogP contribution is -2.14. The molecule has 92 valence electrons. The topological polar surface area (TPSA) is 61.2 Å². The highest BCUT2D eigenvalue weighted by atomic mass is 16.4. The van der Waals surface area contributed by atoms with Crippen LogP contribution >= 0.6 is 0 Å². The molecule has 17 heavy (non-hydrogen) atoms. The maximum Gasteiger partial charge on any atom is 0.419 e. The zero-order valence-corrected chi connectivity index (χ0v) is 10.3. The van der Waals surface area contributed by atoms with Gasteiger partial charge in [0.2, 0.25) is 0 Å². The molecule has 4 nitrogen and oxygen atoms in total. The number of aromatic nitrogens is 1. The van der Waals surface area contributed by atoms with Gasteiger partial charge in [-0.15, -0.1) is 0 Å². The zero-order valence-electron chi connectivity index (χ0n) is 10.3. The summed E-state index contributed by atoms with van der Waals surface area (Å²) < 4.78 is 6.84. The Morgan fingerprint density at radius 3 is 2.88 bits per heavy atom. The van der Waals surface area contributed by atoms with Crippen LogP contribution in [0.25, 0.3) is 11.1 Å². The second-order valence-corrected chi connectivity index (χ2v) is 4.78. The van der Waals surface area contributed by atoms with Crippen LogP contribution in [0, 0.1) is 5.92 Å². The van der Waals surface area contributed by atoms with Crippen molar-refractivity contribution in [1.82, 2.24) is 4.57 Å². The van der Waals surface area contributed by atoms with E-state index in [2.05, 4.69) is 13.8 Å². The Balaban J connectivity index is 2.27. The lowest BCUT2D eigenvalue weighted by Gasteiger charge is -2.04. The van der Waals surface area contributed by atoms with Gasteiger partial charge in [-0.3, -0.25) is 4.57 Å². The molecule has 0 saturated heterocycles. The van der Waals surface area contributed by atoms with Crippen LogP contribution in [0.1, 0.15) is 26.7 Å². The average molecular weight is 234 g/mol. The monoisotopic (exact) mass is 234 g/mol. The molecule has 0 fully saturated rings. The first-order chi connectivity index (χ1) is 8.08. The maximum absolute atomic E-state index is 11.7. The van der Waals surface area contributed by atoms with Crippen molar-refractivity contribution in [2.75, 3.05) is 5.73 Å². The number of hydrogen-bond donors (Lipinski definition) is 1. The molecule has 0 amide bonds. The van der Waals surface area contributed by atoms with Crippen molar-refractivity contribution >= 4 is 16.8 Å². The van der Waals surface area contributed by atoms with Gasteiger partial charge < -0.3 is 10.2 Å². The highest BCUT2D eigenvalue weighted by molar-refractivity contribution is 5.76. The molecule has 2 N–H and O–H groups in total. The summed E-state index contributed by atoms with van der Waals surface area (Å²) in [6, 6.07) is 5.32. The Kier molecular flexibility index (Phi) is 3.22. The van der Waals surface area contributed by atoms with E-state index in [4.69, 9.17) is 10.2 Å². The Bertz CT molecular complexity index is 566. The summed E-state index contributed by atoms with van der Waals surface area (Å²) in [6.45, 7) is 5.06. The summed E-state index contributed by atoms with van der Waals surface area (Å²) in [7, 11) is 0. The Morgan fingerprint density at radius 1 is 1.41 bits per heavy atom. The quantitative estimate of drug-likeness (QED) is 0.827. The van der Waals surface area contributed by atoms with E-state index >= 15 is 0 Å². The van der Waals surface area contributed by atoms with Crippen LogP contribution in [0.3, 0.4) is 0 Å². The number of nitrogens with zero attached hydrogens (tertiary/aromatic N) is 1. The lowest BCUT2D eigenvalue weighted by atomic mass is 10.1. The van der Waals surface area contributed by atoms with Crippen LogP contribution in [-0.2, 0) is 6.54 Å². The van der Waals surface area contributed by atoms with Crippen LogP contribution in [-0.4, -0.2) is 4.57 Å². The van der Waals surface area contributed by atoms with Crippen molar-refractivity contribution in [2.24, 2.45) is 5.92 Å². The van der Waals surface area contributed by atoms with Gasteiger partial charge in [-0.2, -0.15) is 0 Å². The van der Waals surface area contributed by atoms with E-state index in [0.717, 1.165) is 18.4 Å². The fourth-order valence-electron chi connectivity index (χ4n) is 1.95. The van der Waals surface area contributed by atoms with Gasteiger partial charge in [-0.1, -0.05) is 13.8 Å². The largest absolute Gasteiger partial charge is 0.419 e. The van der Waals surface area contributed by atoms with E-state index in [1.807, 2.05) is 6.07 Å². The zero-order chi connectivity index (χ0) is 12.4. The number of fused-ring (bicyclic) bond motifs is 1. The summed E-state index contributed by atoms with van der Waals surface area (Å²) in [5, 5.41) is 0. The Morgan fingerprint density at radius 2 is 2.18 bits per heavy atom. The van der Waals surface area contributed by atoms with E-state index in [0.29, 0.717) is 23.7 Å². The van der Waals surface area contributed by atoms with E-state index in [1.165, 1.54) is 0 Å². The minimum Gasteiger partial charge on any atom is -0.408 e. The van der Waals surface area contributed by atoms with Gasteiger partial charge in [0, 0.05) is 18.3 Å². The maximum atomic E-state index is 11.7. The second kappa shape index (κ2) is 4.65. The normalized spacial score (nSPS) is 11.5. The molecule has 0 spiro atoms. The first-order valence-corrected chi connectivity index (χ1v) is 5.97. The molecule has 0 saturated carbocycles. The van der Waals surface area contributed by atoms with E-state index in [9.17, 15) is 4.79 Å². The fourth-order valence-corrected chi connectivity index (χ4v) is 1.95. The molecule has 1 aromatic heterocycles. The lowest BCUT2D eigenvalue weighted by molar-refractivity contribution is 0.468. The number of benzene rings is 1. The Labute approximate surface area is 100 Å². The van der Waals surface area contributed by atoms with Gasteiger partial charge in [0.15, 0.2) is 5.58 Å². The summed E-state index contributed by atoms with van der Waals surface area (Å²) in [4.78, 5) is 11.7. The standard InChI is InChI=1S/C13H18N2O2/c1-9(2)4-3-7-15-11-6-5-10(14)8-12(11)17-13(15)16/h5-6,8-9H,3-4,7,14H2,1-2H3. The number of rotatable bonds is 4. The van der Waals surface area contributed by atoms with Crippen molar-refractivity contribution in [3.63, 3.8) is 0 Å². The molecule has 0 aliphatic carbocycles. The molecule has 0 unspecified atom stereocenters. The smallest absolute Gasteiger partial charge is 0.408 e. The van der Waals surface area contributed by atoms with Crippen molar-refractivity contribution in [1.29, 1.82) is 0 Å². The molecule has 2 aromatic rings. The van der Waals surface area contributed by atoms with Crippen LogP contribution in [0.2, 0.25) is 0 Å². The molecule has 4 heteroatoms. The predicted molar refractivity (Wildman–Crippen MR) is 69.0 cm³/mol. The minimum atomic E-state index is -0.297.